The van der Waals surface area contributed by atoms with Crippen molar-refractivity contribution in [3.63, 3.8) is 0 Å². The summed E-state index contributed by atoms with van der Waals surface area (Å²) in [5.41, 5.74) is -0.603. The average Bonchev–Trinajstić information content (AvgIpc) is 2.18. The second kappa shape index (κ2) is 2.92. The van der Waals surface area contributed by atoms with Crippen LogP contribution in [0, 0.1) is 0 Å². The van der Waals surface area contributed by atoms with Gasteiger partial charge in [0.25, 0.3) is 0 Å². The van der Waals surface area contributed by atoms with Gasteiger partial charge >= 0.3 is 0 Å². The zero-order valence-electron chi connectivity index (χ0n) is 7.49. The fourth-order valence-corrected chi connectivity index (χ4v) is 1.26. The summed E-state index contributed by atoms with van der Waals surface area (Å²) in [7, 11) is 0. The first-order chi connectivity index (χ1) is 6.23. The quantitative estimate of drug-likeness (QED) is 0.706. The van der Waals surface area contributed by atoms with Crippen LogP contribution in [-0.4, -0.2) is 23.9 Å². The van der Waals surface area contributed by atoms with Gasteiger partial charge in [0.2, 0.25) is 0 Å². The van der Waals surface area contributed by atoms with E-state index < -0.39 is 5.60 Å². The molecular formula is C10H12O3. The number of aliphatic hydroxyl groups excluding tert-OH is 1. The van der Waals surface area contributed by atoms with Crippen molar-refractivity contribution in [3.8, 4) is 11.5 Å². The SMILES string of the molecule is C[C@@]1(CO)COc2ccccc2O1. The van der Waals surface area contributed by atoms with Crippen LogP contribution in [0.2, 0.25) is 0 Å². The third-order valence-electron chi connectivity index (χ3n) is 2.07. The van der Waals surface area contributed by atoms with Crippen molar-refractivity contribution in [1.82, 2.24) is 0 Å². The Morgan fingerprint density at radius 1 is 1.38 bits per heavy atom. The predicted molar refractivity (Wildman–Crippen MR) is 48.1 cm³/mol. The van der Waals surface area contributed by atoms with Gasteiger partial charge in [0.1, 0.15) is 6.61 Å². The fraction of sp³-hybridized carbons (Fsp3) is 0.400. The lowest BCUT2D eigenvalue weighted by Gasteiger charge is -2.33. The van der Waals surface area contributed by atoms with Gasteiger partial charge in [0.05, 0.1) is 6.61 Å². The molecule has 0 unspecified atom stereocenters. The van der Waals surface area contributed by atoms with E-state index in [-0.39, 0.29) is 6.61 Å². The maximum Gasteiger partial charge on any atom is 0.163 e. The molecule has 0 saturated heterocycles. The summed E-state index contributed by atoms with van der Waals surface area (Å²) in [4.78, 5) is 0. The molecule has 1 heterocycles. The van der Waals surface area contributed by atoms with Crippen LogP contribution in [0.15, 0.2) is 24.3 Å². The lowest BCUT2D eigenvalue weighted by molar-refractivity contribution is -0.0336. The van der Waals surface area contributed by atoms with Gasteiger partial charge in [-0.1, -0.05) is 12.1 Å². The monoisotopic (exact) mass is 180 g/mol. The fourth-order valence-electron chi connectivity index (χ4n) is 1.26. The third-order valence-corrected chi connectivity index (χ3v) is 2.07. The molecule has 1 atom stereocenters. The van der Waals surface area contributed by atoms with Crippen LogP contribution in [0.3, 0.4) is 0 Å². The second-order valence-electron chi connectivity index (χ2n) is 3.45. The zero-order valence-corrected chi connectivity index (χ0v) is 7.49. The van der Waals surface area contributed by atoms with Gasteiger partial charge in [-0.15, -0.1) is 0 Å². The molecule has 1 aromatic rings. The van der Waals surface area contributed by atoms with Crippen LogP contribution in [0.1, 0.15) is 6.92 Å². The second-order valence-corrected chi connectivity index (χ2v) is 3.45. The smallest absolute Gasteiger partial charge is 0.163 e. The Labute approximate surface area is 76.9 Å². The predicted octanol–water partition coefficient (Wildman–Crippen LogP) is 1.21. The van der Waals surface area contributed by atoms with E-state index in [0.29, 0.717) is 12.4 Å². The summed E-state index contributed by atoms with van der Waals surface area (Å²) in [5, 5.41) is 9.07. The molecule has 0 radical (unpaired) electrons. The molecule has 13 heavy (non-hydrogen) atoms. The normalized spacial score (nSPS) is 25.7. The van der Waals surface area contributed by atoms with Crippen molar-refractivity contribution >= 4 is 0 Å². The largest absolute Gasteiger partial charge is 0.485 e. The Bertz CT molecular complexity index is 311. The van der Waals surface area contributed by atoms with Crippen LogP contribution in [0.5, 0.6) is 11.5 Å². The lowest BCUT2D eigenvalue weighted by atomic mass is 10.1. The Morgan fingerprint density at radius 2 is 2.08 bits per heavy atom. The number of ether oxygens (including phenoxy) is 2. The molecule has 70 valence electrons. The first-order valence-corrected chi connectivity index (χ1v) is 4.25. The van der Waals surface area contributed by atoms with E-state index in [4.69, 9.17) is 14.6 Å². The summed E-state index contributed by atoms with van der Waals surface area (Å²) in [6, 6.07) is 7.46. The minimum absolute atomic E-state index is 0.0403. The van der Waals surface area contributed by atoms with Gasteiger partial charge in [-0.25, -0.2) is 0 Å². The molecule has 0 aromatic heterocycles. The van der Waals surface area contributed by atoms with Crippen molar-refractivity contribution in [1.29, 1.82) is 0 Å². The summed E-state index contributed by atoms with van der Waals surface area (Å²) in [5.74, 6) is 1.44. The van der Waals surface area contributed by atoms with Crippen LogP contribution in [0.25, 0.3) is 0 Å². The summed E-state index contributed by atoms with van der Waals surface area (Å²) in [6.45, 7) is 2.17. The van der Waals surface area contributed by atoms with Gasteiger partial charge in [-0.2, -0.15) is 0 Å². The van der Waals surface area contributed by atoms with Gasteiger partial charge in [-0.3, -0.25) is 0 Å². The van der Waals surface area contributed by atoms with Gasteiger partial charge in [0.15, 0.2) is 17.1 Å². The number of aliphatic hydroxyl groups is 1. The molecule has 0 saturated carbocycles. The molecule has 2 rings (SSSR count). The molecule has 0 spiro atoms. The molecular weight excluding hydrogens is 168 g/mol. The number of fused-ring (bicyclic) bond motifs is 1. The number of hydrogen-bond donors (Lipinski definition) is 1. The molecule has 0 aliphatic carbocycles. The van der Waals surface area contributed by atoms with Crippen molar-refractivity contribution in [2.45, 2.75) is 12.5 Å². The highest BCUT2D eigenvalue weighted by Gasteiger charge is 2.31. The number of para-hydroxylation sites is 2. The van der Waals surface area contributed by atoms with Crippen molar-refractivity contribution in [3.05, 3.63) is 24.3 Å². The van der Waals surface area contributed by atoms with Crippen LogP contribution >= 0.6 is 0 Å². The van der Waals surface area contributed by atoms with E-state index in [1.165, 1.54) is 0 Å². The molecule has 1 aliphatic rings. The number of benzene rings is 1. The Kier molecular flexibility index (Phi) is 1.88. The first-order valence-electron chi connectivity index (χ1n) is 4.25. The minimum Gasteiger partial charge on any atom is -0.485 e. The van der Waals surface area contributed by atoms with Crippen LogP contribution in [0.4, 0.5) is 0 Å². The van der Waals surface area contributed by atoms with E-state index in [9.17, 15) is 0 Å². The molecule has 3 heteroatoms. The summed E-state index contributed by atoms with van der Waals surface area (Å²) >= 11 is 0. The zero-order chi connectivity index (χ0) is 9.31. The third kappa shape index (κ3) is 1.47. The topological polar surface area (TPSA) is 38.7 Å². The Hall–Kier alpha value is -1.22. The molecule has 0 fully saturated rings. The van der Waals surface area contributed by atoms with Crippen molar-refractivity contribution in [2.24, 2.45) is 0 Å². The highest BCUT2D eigenvalue weighted by atomic mass is 16.6. The highest BCUT2D eigenvalue weighted by Crippen LogP contribution is 2.34. The molecule has 1 aromatic carbocycles. The molecule has 0 amide bonds. The lowest BCUT2D eigenvalue weighted by Crippen LogP contribution is -2.45. The van der Waals surface area contributed by atoms with E-state index >= 15 is 0 Å². The maximum absolute atomic E-state index is 9.07. The Balaban J connectivity index is 2.29. The van der Waals surface area contributed by atoms with Gasteiger partial charge in [-0.05, 0) is 19.1 Å². The van der Waals surface area contributed by atoms with Gasteiger partial charge in [0, 0.05) is 0 Å². The van der Waals surface area contributed by atoms with Crippen LogP contribution in [-0.2, 0) is 0 Å². The molecule has 3 nitrogen and oxygen atoms in total. The summed E-state index contributed by atoms with van der Waals surface area (Å²) in [6.07, 6.45) is 0. The standard InChI is InChI=1S/C10H12O3/c1-10(6-11)7-12-8-4-2-3-5-9(8)13-10/h2-5,11H,6-7H2,1H3/t10-/m1/s1. The van der Waals surface area contributed by atoms with Crippen molar-refractivity contribution < 1.29 is 14.6 Å². The summed E-state index contributed by atoms with van der Waals surface area (Å²) < 4.78 is 11.0. The van der Waals surface area contributed by atoms with E-state index in [1.54, 1.807) is 0 Å². The van der Waals surface area contributed by atoms with E-state index in [1.807, 2.05) is 31.2 Å². The maximum atomic E-state index is 9.07. The average molecular weight is 180 g/mol. The number of rotatable bonds is 1. The van der Waals surface area contributed by atoms with Gasteiger partial charge < -0.3 is 14.6 Å². The van der Waals surface area contributed by atoms with Crippen molar-refractivity contribution in [2.75, 3.05) is 13.2 Å². The van der Waals surface area contributed by atoms with E-state index in [2.05, 4.69) is 0 Å². The molecule has 1 N–H and O–H groups in total. The highest BCUT2D eigenvalue weighted by molar-refractivity contribution is 5.41. The Morgan fingerprint density at radius 3 is 2.77 bits per heavy atom. The molecule has 1 aliphatic heterocycles. The van der Waals surface area contributed by atoms with Crippen LogP contribution < -0.4 is 9.47 Å². The molecule has 0 bridgehead atoms. The first kappa shape index (κ1) is 8.38. The minimum atomic E-state index is -0.603. The van der Waals surface area contributed by atoms with E-state index in [0.717, 1.165) is 5.75 Å². The number of hydrogen-bond acceptors (Lipinski definition) is 3.